The number of nitrogens with zero attached hydrogens (tertiary/aromatic N) is 1. The summed E-state index contributed by atoms with van der Waals surface area (Å²) in [5, 5.41) is 8.77. The molecule has 6 nitrogen and oxygen atoms in total. The molecular formula is C14H17F2NO5S. The van der Waals surface area contributed by atoms with Gasteiger partial charge in [0.05, 0.1) is 24.0 Å². The second kappa shape index (κ2) is 6.50. The Balaban J connectivity index is 2.26. The van der Waals surface area contributed by atoms with Crippen LogP contribution in [0.2, 0.25) is 0 Å². The van der Waals surface area contributed by atoms with Crippen molar-refractivity contribution in [3.05, 3.63) is 29.8 Å². The minimum absolute atomic E-state index is 0.0468. The van der Waals surface area contributed by atoms with E-state index in [0.29, 0.717) is 6.92 Å². The van der Waals surface area contributed by atoms with E-state index in [2.05, 4.69) is 0 Å². The Morgan fingerprint density at radius 1 is 1.48 bits per heavy atom. The molecule has 1 aliphatic heterocycles. The van der Waals surface area contributed by atoms with Crippen LogP contribution >= 0.6 is 0 Å². The molecule has 0 radical (unpaired) electrons. The zero-order valence-corrected chi connectivity index (χ0v) is 13.2. The maximum Gasteiger partial charge on any atom is 0.306 e. The van der Waals surface area contributed by atoms with Crippen LogP contribution in [-0.4, -0.2) is 49.6 Å². The number of rotatable bonds is 5. The molecule has 1 atom stereocenters. The molecule has 2 rings (SSSR count). The lowest BCUT2D eigenvalue weighted by Gasteiger charge is -2.31. The molecule has 0 bridgehead atoms. The smallest absolute Gasteiger partial charge is 0.306 e. The van der Waals surface area contributed by atoms with Gasteiger partial charge in [-0.25, -0.2) is 17.2 Å². The lowest BCUT2D eigenvalue weighted by molar-refractivity contribution is -0.141. The van der Waals surface area contributed by atoms with Gasteiger partial charge in [-0.05, 0) is 12.1 Å². The quantitative estimate of drug-likeness (QED) is 0.874. The molecule has 1 N–H and O–H groups in total. The van der Waals surface area contributed by atoms with Crippen molar-refractivity contribution in [1.29, 1.82) is 0 Å². The van der Waals surface area contributed by atoms with Crippen molar-refractivity contribution in [2.75, 3.05) is 19.7 Å². The average Bonchev–Trinajstić information content (AvgIpc) is 2.46. The normalized spacial score (nSPS) is 20.4. The summed E-state index contributed by atoms with van der Waals surface area (Å²) < 4.78 is 58.2. The van der Waals surface area contributed by atoms with E-state index >= 15 is 0 Å². The van der Waals surface area contributed by atoms with E-state index in [9.17, 15) is 22.0 Å². The van der Waals surface area contributed by atoms with Crippen LogP contribution in [-0.2, 0) is 25.5 Å². The Hall–Kier alpha value is -1.58. The Labute approximate surface area is 132 Å². The van der Waals surface area contributed by atoms with Crippen LogP contribution in [0.5, 0.6) is 0 Å². The summed E-state index contributed by atoms with van der Waals surface area (Å²) in [6.07, 6.45) is -1.08. The van der Waals surface area contributed by atoms with E-state index in [-0.39, 0.29) is 31.0 Å². The zero-order valence-electron chi connectivity index (χ0n) is 12.4. The lowest BCUT2D eigenvalue weighted by atomic mass is 10.1. The maximum absolute atomic E-state index is 13.4. The standard InChI is InChI=1S/C14H17F2NO5S/c1-14(15,16)10-3-2-4-12(7-10)23(20,21)17-5-6-22-11(9-17)8-13(18)19/h2-4,7,11H,5-6,8-9H2,1H3,(H,18,19). The van der Waals surface area contributed by atoms with E-state index < -0.39 is 33.6 Å². The third-order valence-electron chi connectivity index (χ3n) is 3.48. The molecule has 0 saturated carbocycles. The largest absolute Gasteiger partial charge is 0.481 e. The second-order valence-electron chi connectivity index (χ2n) is 5.37. The van der Waals surface area contributed by atoms with Crippen LogP contribution in [0.4, 0.5) is 8.78 Å². The van der Waals surface area contributed by atoms with Gasteiger partial charge in [0.15, 0.2) is 0 Å². The molecule has 0 spiro atoms. The summed E-state index contributed by atoms with van der Waals surface area (Å²) in [7, 11) is -3.99. The average molecular weight is 349 g/mol. The molecule has 0 aliphatic carbocycles. The molecular weight excluding hydrogens is 332 g/mol. The lowest BCUT2D eigenvalue weighted by Crippen LogP contribution is -2.46. The first-order valence-corrected chi connectivity index (χ1v) is 8.36. The summed E-state index contributed by atoms with van der Waals surface area (Å²) in [5.41, 5.74) is -0.395. The van der Waals surface area contributed by atoms with Crippen molar-refractivity contribution in [2.24, 2.45) is 0 Å². The minimum atomic E-state index is -3.99. The summed E-state index contributed by atoms with van der Waals surface area (Å²) in [4.78, 5) is 10.5. The van der Waals surface area contributed by atoms with Gasteiger partial charge in [0.1, 0.15) is 0 Å². The predicted molar refractivity (Wildman–Crippen MR) is 76.8 cm³/mol. The van der Waals surface area contributed by atoms with Gasteiger partial charge in [-0.3, -0.25) is 4.79 Å². The molecule has 1 saturated heterocycles. The third-order valence-corrected chi connectivity index (χ3v) is 5.34. The van der Waals surface area contributed by atoms with Gasteiger partial charge in [0, 0.05) is 25.6 Å². The molecule has 1 aliphatic rings. The SMILES string of the molecule is CC(F)(F)c1cccc(S(=O)(=O)N2CCOC(CC(=O)O)C2)c1. The minimum Gasteiger partial charge on any atom is -0.481 e. The van der Waals surface area contributed by atoms with Gasteiger partial charge >= 0.3 is 5.97 Å². The van der Waals surface area contributed by atoms with Gasteiger partial charge in [-0.2, -0.15) is 4.31 Å². The van der Waals surface area contributed by atoms with Gasteiger partial charge in [0.25, 0.3) is 5.92 Å². The number of hydrogen-bond donors (Lipinski definition) is 1. The number of aliphatic carboxylic acids is 1. The first-order valence-electron chi connectivity index (χ1n) is 6.92. The Morgan fingerprint density at radius 2 is 2.17 bits per heavy atom. The predicted octanol–water partition coefficient (Wildman–Crippen LogP) is 1.66. The molecule has 128 valence electrons. The number of carboxylic acids is 1. The number of hydrogen-bond acceptors (Lipinski definition) is 4. The van der Waals surface area contributed by atoms with Gasteiger partial charge in [-0.15, -0.1) is 0 Å². The highest BCUT2D eigenvalue weighted by Crippen LogP contribution is 2.29. The van der Waals surface area contributed by atoms with Crippen LogP contribution in [0.15, 0.2) is 29.2 Å². The number of sulfonamides is 1. The highest BCUT2D eigenvalue weighted by Gasteiger charge is 2.33. The van der Waals surface area contributed by atoms with Crippen LogP contribution in [0.3, 0.4) is 0 Å². The zero-order chi connectivity index (χ0) is 17.3. The molecule has 0 amide bonds. The van der Waals surface area contributed by atoms with E-state index in [4.69, 9.17) is 9.84 Å². The Bertz CT molecular complexity index is 687. The molecule has 9 heteroatoms. The van der Waals surface area contributed by atoms with E-state index in [0.717, 1.165) is 16.4 Å². The van der Waals surface area contributed by atoms with Crippen LogP contribution in [0.25, 0.3) is 0 Å². The van der Waals surface area contributed by atoms with E-state index in [1.54, 1.807) is 0 Å². The fourth-order valence-electron chi connectivity index (χ4n) is 2.31. The van der Waals surface area contributed by atoms with Gasteiger partial charge < -0.3 is 9.84 Å². The van der Waals surface area contributed by atoms with Crippen molar-refractivity contribution in [2.45, 2.75) is 30.3 Å². The van der Waals surface area contributed by atoms with Gasteiger partial charge in [-0.1, -0.05) is 12.1 Å². The molecule has 0 aromatic heterocycles. The van der Waals surface area contributed by atoms with Crippen LogP contribution < -0.4 is 0 Å². The summed E-state index contributed by atoms with van der Waals surface area (Å²) in [6.45, 7) is 0.670. The summed E-state index contributed by atoms with van der Waals surface area (Å²) in [5.74, 6) is -4.25. The highest BCUT2D eigenvalue weighted by molar-refractivity contribution is 7.89. The van der Waals surface area contributed by atoms with Crippen LogP contribution in [0, 0.1) is 0 Å². The van der Waals surface area contributed by atoms with Gasteiger partial charge in [0.2, 0.25) is 10.0 Å². The monoisotopic (exact) mass is 349 g/mol. The van der Waals surface area contributed by atoms with Crippen LogP contribution in [0.1, 0.15) is 18.9 Å². The first kappa shape index (κ1) is 17.8. The molecule has 1 aromatic rings. The fraction of sp³-hybridized carbons (Fsp3) is 0.500. The number of morpholine rings is 1. The number of alkyl halides is 2. The maximum atomic E-state index is 13.4. The summed E-state index contributed by atoms with van der Waals surface area (Å²) in [6, 6.07) is 4.60. The summed E-state index contributed by atoms with van der Waals surface area (Å²) >= 11 is 0. The van der Waals surface area contributed by atoms with Crippen molar-refractivity contribution in [3.8, 4) is 0 Å². The number of halogens is 2. The number of carboxylic acid groups (broad SMARTS) is 1. The molecule has 1 heterocycles. The van der Waals surface area contributed by atoms with E-state index in [1.165, 1.54) is 12.1 Å². The molecule has 1 aromatic carbocycles. The first-order chi connectivity index (χ1) is 10.6. The molecule has 1 unspecified atom stereocenters. The molecule has 1 fully saturated rings. The van der Waals surface area contributed by atoms with E-state index in [1.807, 2.05) is 0 Å². The van der Waals surface area contributed by atoms with Crippen molar-refractivity contribution < 1.29 is 31.8 Å². The number of ether oxygens (including phenoxy) is 1. The molecule has 23 heavy (non-hydrogen) atoms. The fourth-order valence-corrected chi connectivity index (χ4v) is 3.81. The van der Waals surface area contributed by atoms with Crippen molar-refractivity contribution >= 4 is 16.0 Å². The Kier molecular flexibility index (Phi) is 5.02. The van der Waals surface area contributed by atoms with Crippen molar-refractivity contribution in [3.63, 3.8) is 0 Å². The Morgan fingerprint density at radius 3 is 2.78 bits per heavy atom. The number of carbonyl (C=O) groups is 1. The topological polar surface area (TPSA) is 83.9 Å². The third kappa shape index (κ3) is 4.24. The number of benzene rings is 1. The highest BCUT2D eigenvalue weighted by atomic mass is 32.2. The van der Waals surface area contributed by atoms with Crippen molar-refractivity contribution in [1.82, 2.24) is 4.31 Å². The second-order valence-corrected chi connectivity index (χ2v) is 7.31.